The molecule has 1 N–H and O–H groups in total. The van der Waals surface area contributed by atoms with E-state index in [-0.39, 0.29) is 0 Å². The summed E-state index contributed by atoms with van der Waals surface area (Å²) in [4.78, 5) is 20.1. The minimum absolute atomic E-state index is 0.423. The minimum atomic E-state index is 0.423. The number of nitrogens with one attached hydrogen (secondary N) is 1. The summed E-state index contributed by atoms with van der Waals surface area (Å²) in [5.41, 5.74) is 4.47. The molecule has 0 saturated carbocycles. The predicted molar refractivity (Wildman–Crippen MR) is 119 cm³/mol. The molecule has 1 aromatic carbocycles. The van der Waals surface area contributed by atoms with Crippen LogP contribution in [0, 0.1) is 0 Å². The van der Waals surface area contributed by atoms with Crippen LogP contribution in [0.25, 0.3) is 27.9 Å². The van der Waals surface area contributed by atoms with Crippen molar-refractivity contribution in [2.75, 3.05) is 25.5 Å². The van der Waals surface area contributed by atoms with Crippen LogP contribution in [0.15, 0.2) is 49.2 Å². The molecule has 1 aliphatic heterocycles. The van der Waals surface area contributed by atoms with E-state index < -0.39 is 0 Å². The van der Waals surface area contributed by atoms with Gasteiger partial charge in [0.25, 0.3) is 0 Å². The van der Waals surface area contributed by atoms with Crippen LogP contribution in [-0.2, 0) is 0 Å². The minimum Gasteiger partial charge on any atom is -0.321 e. The van der Waals surface area contributed by atoms with Crippen LogP contribution >= 0.6 is 0 Å². The molecule has 1 aliphatic rings. The first-order valence-corrected chi connectivity index (χ1v) is 10.5. The maximum absolute atomic E-state index is 4.65. The number of piperidine rings is 1. The molecule has 5 heterocycles. The third-order valence-corrected chi connectivity index (χ3v) is 5.81. The lowest BCUT2D eigenvalue weighted by molar-refractivity contribution is 0.212. The van der Waals surface area contributed by atoms with Crippen molar-refractivity contribution >= 4 is 33.8 Å². The van der Waals surface area contributed by atoms with Gasteiger partial charge in [-0.15, -0.1) is 5.10 Å². The molecule has 0 amide bonds. The summed E-state index contributed by atoms with van der Waals surface area (Å²) in [6.45, 7) is 2.18. The van der Waals surface area contributed by atoms with Crippen LogP contribution in [0.1, 0.15) is 18.9 Å². The van der Waals surface area contributed by atoms with E-state index in [1.54, 1.807) is 23.3 Å². The second-order valence-corrected chi connectivity index (χ2v) is 8.00. The number of hydrogen-bond acceptors (Lipinski definition) is 9. The maximum atomic E-state index is 4.65. The largest absolute Gasteiger partial charge is 0.321 e. The van der Waals surface area contributed by atoms with Crippen molar-refractivity contribution < 1.29 is 0 Å². The van der Waals surface area contributed by atoms with E-state index in [1.165, 1.54) is 0 Å². The Labute approximate surface area is 183 Å². The van der Waals surface area contributed by atoms with Crippen LogP contribution < -0.4 is 5.32 Å². The quantitative estimate of drug-likeness (QED) is 0.461. The van der Waals surface area contributed by atoms with Gasteiger partial charge in [0.1, 0.15) is 0 Å². The molecule has 0 atom stereocenters. The Morgan fingerprint density at radius 1 is 0.969 bits per heavy atom. The lowest BCUT2D eigenvalue weighted by Gasteiger charge is -2.28. The van der Waals surface area contributed by atoms with Gasteiger partial charge in [-0.05, 0) is 51.2 Å². The Bertz CT molecular complexity index is 1400. The van der Waals surface area contributed by atoms with Gasteiger partial charge < -0.3 is 10.2 Å². The standard InChI is InChI=1S/C21H21N11/c1-30-8-4-15(5-9-30)31-13-14(11-25-31)26-21-24-12-19-20(27-21)32(29-28-19)16-2-3-17-18(10-16)23-7-6-22-17/h2-3,6-7,10-13,15H,4-5,8-9H2,1H3,(H,24,26,27). The van der Waals surface area contributed by atoms with Crippen LogP contribution in [-0.4, -0.2) is 69.7 Å². The Hall–Kier alpha value is -3.99. The number of fused-ring (bicyclic) bond motifs is 2. The third kappa shape index (κ3) is 3.42. The van der Waals surface area contributed by atoms with Crippen LogP contribution in [0.4, 0.5) is 11.6 Å². The van der Waals surface area contributed by atoms with Crippen molar-refractivity contribution in [2.24, 2.45) is 0 Å². The van der Waals surface area contributed by atoms with Gasteiger partial charge in [-0.3, -0.25) is 14.6 Å². The molecule has 32 heavy (non-hydrogen) atoms. The number of likely N-dealkylation sites (tertiary alicyclic amines) is 1. The number of nitrogens with zero attached hydrogens (tertiary/aromatic N) is 10. The van der Waals surface area contributed by atoms with Gasteiger partial charge in [-0.1, -0.05) is 5.21 Å². The van der Waals surface area contributed by atoms with E-state index in [9.17, 15) is 0 Å². The van der Waals surface area contributed by atoms with Crippen LogP contribution in [0.3, 0.4) is 0 Å². The number of aromatic nitrogens is 9. The van der Waals surface area contributed by atoms with E-state index in [0.717, 1.165) is 48.3 Å². The summed E-state index contributed by atoms with van der Waals surface area (Å²) >= 11 is 0. The van der Waals surface area contributed by atoms with Gasteiger partial charge in [0, 0.05) is 18.6 Å². The second-order valence-electron chi connectivity index (χ2n) is 8.00. The normalized spacial score (nSPS) is 15.5. The van der Waals surface area contributed by atoms with Crippen molar-refractivity contribution in [3.8, 4) is 5.69 Å². The molecule has 1 fully saturated rings. The highest BCUT2D eigenvalue weighted by Crippen LogP contribution is 2.24. The molecule has 11 heteroatoms. The summed E-state index contributed by atoms with van der Waals surface area (Å²) in [5, 5.41) is 16.3. The number of hydrogen-bond donors (Lipinski definition) is 1. The zero-order valence-electron chi connectivity index (χ0n) is 17.5. The zero-order chi connectivity index (χ0) is 21.5. The average molecular weight is 427 g/mol. The van der Waals surface area contributed by atoms with Crippen molar-refractivity contribution in [3.63, 3.8) is 0 Å². The van der Waals surface area contributed by atoms with Crippen molar-refractivity contribution in [2.45, 2.75) is 18.9 Å². The highest BCUT2D eigenvalue weighted by atomic mass is 15.4. The summed E-state index contributed by atoms with van der Waals surface area (Å²) in [6.07, 6.45) is 11.0. The lowest BCUT2D eigenvalue weighted by Crippen LogP contribution is -2.31. The first-order valence-electron chi connectivity index (χ1n) is 10.5. The highest BCUT2D eigenvalue weighted by Gasteiger charge is 2.19. The van der Waals surface area contributed by atoms with E-state index in [0.29, 0.717) is 23.2 Å². The average Bonchev–Trinajstić information content (AvgIpc) is 3.46. The second kappa shape index (κ2) is 7.61. The Balaban J connectivity index is 1.28. The van der Waals surface area contributed by atoms with Gasteiger partial charge in [0.05, 0.1) is 40.8 Å². The summed E-state index contributed by atoms with van der Waals surface area (Å²) in [5.74, 6) is 0.463. The highest BCUT2D eigenvalue weighted by molar-refractivity contribution is 5.78. The molecule has 0 spiro atoms. The third-order valence-electron chi connectivity index (χ3n) is 5.81. The number of rotatable bonds is 4. The number of benzene rings is 1. The van der Waals surface area contributed by atoms with E-state index in [1.807, 2.05) is 35.3 Å². The van der Waals surface area contributed by atoms with Gasteiger partial charge in [0.2, 0.25) is 5.95 Å². The van der Waals surface area contributed by atoms with Crippen LogP contribution in [0.2, 0.25) is 0 Å². The van der Waals surface area contributed by atoms with Gasteiger partial charge >= 0.3 is 0 Å². The smallest absolute Gasteiger partial charge is 0.229 e. The molecule has 6 rings (SSSR count). The molecular weight excluding hydrogens is 406 g/mol. The zero-order valence-corrected chi connectivity index (χ0v) is 17.5. The Morgan fingerprint density at radius 3 is 2.69 bits per heavy atom. The SMILES string of the molecule is CN1CCC(n2cc(Nc3ncc4nnn(-c5ccc6nccnc6c5)c4n3)cn2)CC1. The fourth-order valence-corrected chi connectivity index (χ4v) is 4.04. The first-order chi connectivity index (χ1) is 15.7. The molecule has 0 radical (unpaired) electrons. The molecule has 5 aromatic rings. The van der Waals surface area contributed by atoms with Gasteiger partial charge in [-0.2, -0.15) is 14.8 Å². The molecule has 0 unspecified atom stereocenters. The van der Waals surface area contributed by atoms with E-state index in [2.05, 4.69) is 52.6 Å². The van der Waals surface area contributed by atoms with Gasteiger partial charge in [0.15, 0.2) is 11.2 Å². The topological polar surface area (TPSA) is 115 Å². The molecule has 160 valence electrons. The molecule has 11 nitrogen and oxygen atoms in total. The van der Waals surface area contributed by atoms with E-state index in [4.69, 9.17) is 0 Å². The monoisotopic (exact) mass is 427 g/mol. The van der Waals surface area contributed by atoms with Gasteiger partial charge in [-0.25, -0.2) is 4.98 Å². The summed E-state index contributed by atoms with van der Waals surface area (Å²) < 4.78 is 3.72. The first kappa shape index (κ1) is 18.8. The number of anilines is 2. The summed E-state index contributed by atoms with van der Waals surface area (Å²) in [6, 6.07) is 6.17. The molecule has 0 bridgehead atoms. The predicted octanol–water partition coefficient (Wildman–Crippen LogP) is 2.36. The van der Waals surface area contributed by atoms with Crippen molar-refractivity contribution in [1.82, 2.24) is 49.6 Å². The maximum Gasteiger partial charge on any atom is 0.229 e. The lowest BCUT2D eigenvalue weighted by atomic mass is 10.1. The van der Waals surface area contributed by atoms with Crippen LogP contribution in [0.5, 0.6) is 0 Å². The van der Waals surface area contributed by atoms with E-state index >= 15 is 0 Å². The van der Waals surface area contributed by atoms with Crippen molar-refractivity contribution in [3.05, 3.63) is 49.2 Å². The molecule has 0 aliphatic carbocycles. The van der Waals surface area contributed by atoms with Crippen molar-refractivity contribution in [1.29, 1.82) is 0 Å². The Morgan fingerprint density at radius 2 is 1.81 bits per heavy atom. The molecule has 4 aromatic heterocycles. The Kier molecular flexibility index (Phi) is 4.46. The molecule has 1 saturated heterocycles. The molecular formula is C21H21N11. The fraction of sp³-hybridized carbons (Fsp3) is 0.286. The fourth-order valence-electron chi connectivity index (χ4n) is 4.04. The summed E-state index contributed by atoms with van der Waals surface area (Å²) in [7, 11) is 2.16.